The minimum absolute atomic E-state index is 0.927. The molecule has 1 nitrogen and oxygen atoms in total. The van der Waals surface area contributed by atoms with Gasteiger partial charge in [0.05, 0.1) is 12.0 Å². The summed E-state index contributed by atoms with van der Waals surface area (Å²) in [6.07, 6.45) is 1.73. The highest BCUT2D eigenvalue weighted by Crippen LogP contribution is 2.24. The Morgan fingerprint density at radius 3 is 2.61 bits per heavy atom. The van der Waals surface area contributed by atoms with Gasteiger partial charge in [0.2, 0.25) is 0 Å². The highest BCUT2D eigenvalue weighted by molar-refractivity contribution is 7.97. The maximum Gasteiger partial charge on any atom is 0.113 e. The lowest BCUT2D eigenvalue weighted by Gasteiger charge is -2.05. The molecular weight excluding hydrogens is 240 g/mol. The molecule has 3 rings (SSSR count). The van der Waals surface area contributed by atoms with Crippen molar-refractivity contribution in [2.45, 2.75) is 11.5 Å². The average Bonchev–Trinajstić information content (AvgIpc) is 2.92. The zero-order chi connectivity index (χ0) is 12.2. The molecule has 0 amide bonds. The number of benzene rings is 2. The molecule has 0 aliphatic carbocycles. The second kappa shape index (κ2) is 5.32. The fraction of sp³-hybridized carbons (Fsp3) is 0.125. The topological polar surface area (TPSA) is 13.1 Å². The maximum absolute atomic E-state index is 5.34. The van der Waals surface area contributed by atoms with Gasteiger partial charge in [-0.15, -0.1) is 11.8 Å². The van der Waals surface area contributed by atoms with Gasteiger partial charge in [-0.05, 0) is 28.5 Å². The second-order valence-corrected chi connectivity index (χ2v) is 5.20. The Labute approximate surface area is 111 Å². The Bertz CT molecular complexity index is 623. The number of hydrogen-bond acceptors (Lipinski definition) is 2. The van der Waals surface area contributed by atoms with Gasteiger partial charge < -0.3 is 4.42 Å². The molecule has 1 heterocycles. The molecular formula is C16H14OS. The Hall–Kier alpha value is -1.67. The van der Waals surface area contributed by atoms with Crippen molar-refractivity contribution in [3.63, 3.8) is 0 Å². The van der Waals surface area contributed by atoms with Crippen LogP contribution in [0.15, 0.2) is 65.3 Å². The first-order chi connectivity index (χ1) is 8.93. The van der Waals surface area contributed by atoms with Crippen molar-refractivity contribution in [3.8, 4) is 0 Å². The maximum atomic E-state index is 5.34. The molecule has 90 valence electrons. The van der Waals surface area contributed by atoms with Crippen LogP contribution in [0.4, 0.5) is 0 Å². The summed E-state index contributed by atoms with van der Waals surface area (Å²) < 4.78 is 5.34. The Morgan fingerprint density at radius 2 is 1.72 bits per heavy atom. The molecule has 0 saturated carbocycles. The van der Waals surface area contributed by atoms with E-state index in [1.807, 2.05) is 23.9 Å². The van der Waals surface area contributed by atoms with Crippen LogP contribution in [-0.4, -0.2) is 0 Å². The second-order valence-electron chi connectivity index (χ2n) is 4.21. The predicted molar refractivity (Wildman–Crippen MR) is 77.7 cm³/mol. The highest BCUT2D eigenvalue weighted by atomic mass is 32.2. The molecule has 1 aromatic heterocycles. The molecule has 0 spiro atoms. The van der Waals surface area contributed by atoms with E-state index >= 15 is 0 Å². The number of furan rings is 1. The van der Waals surface area contributed by atoms with Crippen LogP contribution in [0, 0.1) is 0 Å². The van der Waals surface area contributed by atoms with Gasteiger partial charge in [-0.2, -0.15) is 0 Å². The first-order valence-electron chi connectivity index (χ1n) is 6.00. The lowest BCUT2D eigenvalue weighted by atomic mass is 10.1. The molecule has 0 radical (unpaired) electrons. The third kappa shape index (κ3) is 2.44. The SMILES string of the molecule is c1coc(CSCc2cccc3ccccc23)c1. The number of rotatable bonds is 4. The molecule has 0 unspecified atom stereocenters. The van der Waals surface area contributed by atoms with E-state index in [4.69, 9.17) is 4.42 Å². The molecule has 0 atom stereocenters. The number of hydrogen-bond donors (Lipinski definition) is 0. The van der Waals surface area contributed by atoms with E-state index in [2.05, 4.69) is 42.5 Å². The molecule has 0 saturated heterocycles. The van der Waals surface area contributed by atoms with Gasteiger partial charge in [-0.25, -0.2) is 0 Å². The number of thioether (sulfide) groups is 1. The van der Waals surface area contributed by atoms with Gasteiger partial charge in [-0.3, -0.25) is 0 Å². The quantitative estimate of drug-likeness (QED) is 0.659. The molecule has 18 heavy (non-hydrogen) atoms. The van der Waals surface area contributed by atoms with E-state index < -0.39 is 0 Å². The van der Waals surface area contributed by atoms with Gasteiger partial charge in [0.15, 0.2) is 0 Å². The van der Waals surface area contributed by atoms with Crippen molar-refractivity contribution in [1.29, 1.82) is 0 Å². The van der Waals surface area contributed by atoms with Crippen molar-refractivity contribution in [2.75, 3.05) is 0 Å². The molecule has 2 heteroatoms. The van der Waals surface area contributed by atoms with Crippen molar-refractivity contribution >= 4 is 22.5 Å². The van der Waals surface area contributed by atoms with E-state index in [0.717, 1.165) is 17.3 Å². The van der Waals surface area contributed by atoms with E-state index in [1.54, 1.807) is 6.26 Å². The van der Waals surface area contributed by atoms with Crippen LogP contribution in [0.5, 0.6) is 0 Å². The summed E-state index contributed by atoms with van der Waals surface area (Å²) >= 11 is 1.89. The van der Waals surface area contributed by atoms with Gasteiger partial charge >= 0.3 is 0 Å². The lowest BCUT2D eigenvalue weighted by Crippen LogP contribution is -1.84. The van der Waals surface area contributed by atoms with Crippen LogP contribution in [0.3, 0.4) is 0 Å². The van der Waals surface area contributed by atoms with E-state index in [1.165, 1.54) is 16.3 Å². The Kier molecular flexibility index (Phi) is 3.37. The van der Waals surface area contributed by atoms with E-state index in [-0.39, 0.29) is 0 Å². The molecule has 0 fully saturated rings. The summed E-state index contributed by atoms with van der Waals surface area (Å²) in [6.45, 7) is 0. The number of fused-ring (bicyclic) bond motifs is 1. The molecule has 0 aliphatic rings. The van der Waals surface area contributed by atoms with Crippen LogP contribution in [0.1, 0.15) is 11.3 Å². The standard InChI is InChI=1S/C16H14OS/c1-2-9-16-13(5-1)6-3-7-14(16)11-18-12-15-8-4-10-17-15/h1-10H,11-12H2. The van der Waals surface area contributed by atoms with E-state index in [0.29, 0.717) is 0 Å². The van der Waals surface area contributed by atoms with Gasteiger partial charge in [-0.1, -0.05) is 42.5 Å². The van der Waals surface area contributed by atoms with Crippen molar-refractivity contribution < 1.29 is 4.42 Å². The highest BCUT2D eigenvalue weighted by Gasteiger charge is 2.01. The fourth-order valence-electron chi connectivity index (χ4n) is 2.07. The van der Waals surface area contributed by atoms with Crippen LogP contribution < -0.4 is 0 Å². The molecule has 3 aromatic rings. The van der Waals surface area contributed by atoms with Crippen molar-refractivity contribution in [2.24, 2.45) is 0 Å². The first-order valence-corrected chi connectivity index (χ1v) is 7.16. The minimum atomic E-state index is 0.927. The smallest absolute Gasteiger partial charge is 0.113 e. The Morgan fingerprint density at radius 1 is 0.833 bits per heavy atom. The summed E-state index contributed by atoms with van der Waals surface area (Å²) in [6, 6.07) is 19.0. The largest absolute Gasteiger partial charge is 0.468 e. The van der Waals surface area contributed by atoms with Gasteiger partial charge in [0.25, 0.3) is 0 Å². The molecule has 0 N–H and O–H groups in total. The third-order valence-corrected chi connectivity index (χ3v) is 3.97. The average molecular weight is 254 g/mol. The zero-order valence-corrected chi connectivity index (χ0v) is 10.8. The summed E-state index contributed by atoms with van der Waals surface area (Å²) in [4.78, 5) is 0. The monoisotopic (exact) mass is 254 g/mol. The van der Waals surface area contributed by atoms with E-state index in [9.17, 15) is 0 Å². The first kappa shape index (κ1) is 11.4. The van der Waals surface area contributed by atoms with Crippen molar-refractivity contribution in [1.82, 2.24) is 0 Å². The Balaban J connectivity index is 1.74. The van der Waals surface area contributed by atoms with Crippen LogP contribution in [0.25, 0.3) is 10.8 Å². The minimum Gasteiger partial charge on any atom is -0.468 e. The molecule has 2 aromatic carbocycles. The van der Waals surface area contributed by atoms with Crippen LogP contribution in [0.2, 0.25) is 0 Å². The zero-order valence-electron chi connectivity index (χ0n) is 10.0. The lowest BCUT2D eigenvalue weighted by molar-refractivity contribution is 0.530. The summed E-state index contributed by atoms with van der Waals surface area (Å²) in [7, 11) is 0. The van der Waals surface area contributed by atoms with Crippen LogP contribution in [-0.2, 0) is 11.5 Å². The summed E-state index contributed by atoms with van der Waals surface area (Å²) in [5.74, 6) is 2.98. The fourth-order valence-corrected chi connectivity index (χ4v) is 3.01. The normalized spacial score (nSPS) is 10.9. The third-order valence-electron chi connectivity index (χ3n) is 2.96. The summed E-state index contributed by atoms with van der Waals surface area (Å²) in [5, 5.41) is 2.67. The predicted octanol–water partition coefficient (Wildman–Crippen LogP) is 4.87. The van der Waals surface area contributed by atoms with Gasteiger partial charge in [0, 0.05) is 5.75 Å². The molecule has 0 bridgehead atoms. The van der Waals surface area contributed by atoms with Crippen molar-refractivity contribution in [3.05, 3.63) is 72.2 Å². The van der Waals surface area contributed by atoms with Crippen LogP contribution >= 0.6 is 11.8 Å². The van der Waals surface area contributed by atoms with Gasteiger partial charge in [0.1, 0.15) is 5.76 Å². The molecule has 0 aliphatic heterocycles. The summed E-state index contributed by atoms with van der Waals surface area (Å²) in [5.41, 5.74) is 1.39.